The number of amides is 1. The molecule has 0 radical (unpaired) electrons. The highest BCUT2D eigenvalue weighted by atomic mass is 32.1. The molecule has 0 aliphatic rings. The predicted molar refractivity (Wildman–Crippen MR) is 72.9 cm³/mol. The van der Waals surface area contributed by atoms with E-state index in [1.807, 2.05) is 25.3 Å². The van der Waals surface area contributed by atoms with Crippen LogP contribution in [0.15, 0.2) is 17.5 Å². The van der Waals surface area contributed by atoms with Crippen LogP contribution in [0, 0.1) is 0 Å². The summed E-state index contributed by atoms with van der Waals surface area (Å²) in [6.07, 6.45) is 0. The van der Waals surface area contributed by atoms with Crippen molar-refractivity contribution in [1.82, 2.24) is 4.98 Å². The molecule has 0 fully saturated rings. The number of hydrogen-bond donors (Lipinski definition) is 2. The Labute approximate surface area is 107 Å². The Morgan fingerprint density at radius 1 is 1.53 bits per heavy atom. The van der Waals surface area contributed by atoms with Crippen LogP contribution in [0.1, 0.15) is 35.1 Å². The standard InChI is InChI=1S/C11H13N3OS2/c1-6(2)8-9(12)17-11(13-8)14-10(15)7-4-3-5-16-7/h3-6H,12H2,1-2H3,(H,13,14,15). The maximum atomic E-state index is 11.8. The summed E-state index contributed by atoms with van der Waals surface area (Å²) in [4.78, 5) is 16.8. The first kappa shape index (κ1) is 12.1. The third kappa shape index (κ3) is 2.65. The average Bonchev–Trinajstić information content (AvgIpc) is 2.86. The fourth-order valence-electron chi connectivity index (χ4n) is 1.38. The first-order valence-corrected chi connectivity index (χ1v) is 6.88. The Kier molecular flexibility index (Phi) is 3.44. The summed E-state index contributed by atoms with van der Waals surface area (Å²) in [7, 11) is 0. The molecule has 2 rings (SSSR count). The normalized spacial score (nSPS) is 10.8. The van der Waals surface area contributed by atoms with Gasteiger partial charge in [0.25, 0.3) is 5.91 Å². The van der Waals surface area contributed by atoms with Crippen molar-refractivity contribution >= 4 is 38.7 Å². The van der Waals surface area contributed by atoms with E-state index in [9.17, 15) is 4.79 Å². The monoisotopic (exact) mass is 267 g/mol. The first-order valence-electron chi connectivity index (χ1n) is 5.19. The zero-order valence-corrected chi connectivity index (χ0v) is 11.2. The van der Waals surface area contributed by atoms with E-state index >= 15 is 0 Å². The van der Waals surface area contributed by atoms with Crippen molar-refractivity contribution < 1.29 is 4.79 Å². The number of aromatic nitrogens is 1. The van der Waals surface area contributed by atoms with Crippen LogP contribution in [0.5, 0.6) is 0 Å². The predicted octanol–water partition coefficient (Wildman–Crippen LogP) is 3.16. The van der Waals surface area contributed by atoms with Gasteiger partial charge in [-0.3, -0.25) is 10.1 Å². The Morgan fingerprint density at radius 2 is 2.29 bits per heavy atom. The Morgan fingerprint density at radius 3 is 2.82 bits per heavy atom. The second-order valence-electron chi connectivity index (χ2n) is 3.85. The Hall–Kier alpha value is -1.40. The highest BCUT2D eigenvalue weighted by Gasteiger charge is 2.14. The largest absolute Gasteiger partial charge is 0.389 e. The summed E-state index contributed by atoms with van der Waals surface area (Å²) in [6, 6.07) is 3.62. The molecule has 0 aliphatic carbocycles. The van der Waals surface area contributed by atoms with Crippen LogP contribution < -0.4 is 11.1 Å². The molecule has 0 unspecified atom stereocenters. The molecule has 0 atom stereocenters. The molecule has 0 bridgehead atoms. The number of carbonyl (C=O) groups excluding carboxylic acids is 1. The Balaban J connectivity index is 2.14. The summed E-state index contributed by atoms with van der Waals surface area (Å²) in [6.45, 7) is 4.05. The van der Waals surface area contributed by atoms with E-state index in [0.717, 1.165) is 5.69 Å². The van der Waals surface area contributed by atoms with Gasteiger partial charge < -0.3 is 5.73 Å². The van der Waals surface area contributed by atoms with Crippen molar-refractivity contribution in [2.45, 2.75) is 19.8 Å². The van der Waals surface area contributed by atoms with Crippen molar-refractivity contribution in [2.24, 2.45) is 0 Å². The average molecular weight is 267 g/mol. The van der Waals surface area contributed by atoms with Gasteiger partial charge in [-0.2, -0.15) is 0 Å². The lowest BCUT2D eigenvalue weighted by Gasteiger charge is -2.00. The topological polar surface area (TPSA) is 68.0 Å². The maximum Gasteiger partial charge on any atom is 0.267 e. The van der Waals surface area contributed by atoms with Gasteiger partial charge in [-0.25, -0.2) is 4.98 Å². The van der Waals surface area contributed by atoms with Crippen LogP contribution in [0.3, 0.4) is 0 Å². The number of thiophene rings is 1. The molecule has 4 nitrogen and oxygen atoms in total. The smallest absolute Gasteiger partial charge is 0.267 e. The SMILES string of the molecule is CC(C)c1nc(NC(=O)c2cccs2)sc1N. The molecule has 90 valence electrons. The van der Waals surface area contributed by atoms with Crippen LogP contribution >= 0.6 is 22.7 Å². The quantitative estimate of drug-likeness (QED) is 0.897. The molecule has 0 saturated carbocycles. The summed E-state index contributed by atoms with van der Waals surface area (Å²) < 4.78 is 0. The van der Waals surface area contributed by atoms with Gasteiger partial charge in [0.1, 0.15) is 5.00 Å². The number of rotatable bonds is 3. The van der Waals surface area contributed by atoms with Gasteiger partial charge >= 0.3 is 0 Å². The minimum atomic E-state index is -0.135. The van der Waals surface area contributed by atoms with Crippen LogP contribution in [-0.4, -0.2) is 10.9 Å². The third-order valence-corrected chi connectivity index (χ3v) is 3.88. The molecule has 2 heterocycles. The van der Waals surface area contributed by atoms with Crippen LogP contribution in [-0.2, 0) is 0 Å². The van der Waals surface area contributed by atoms with Crippen LogP contribution in [0.4, 0.5) is 10.1 Å². The molecular formula is C11H13N3OS2. The lowest BCUT2D eigenvalue weighted by molar-refractivity contribution is 0.103. The molecule has 17 heavy (non-hydrogen) atoms. The molecule has 2 aromatic rings. The van der Waals surface area contributed by atoms with Gasteiger partial charge in [0.05, 0.1) is 10.6 Å². The van der Waals surface area contributed by atoms with E-state index in [0.29, 0.717) is 15.0 Å². The molecule has 0 spiro atoms. The molecule has 0 aliphatic heterocycles. The van der Waals surface area contributed by atoms with Crippen LogP contribution in [0.2, 0.25) is 0 Å². The zero-order valence-electron chi connectivity index (χ0n) is 9.56. The lowest BCUT2D eigenvalue weighted by atomic mass is 10.1. The van der Waals surface area contributed by atoms with Gasteiger partial charge in [0.15, 0.2) is 5.13 Å². The molecule has 2 aromatic heterocycles. The van der Waals surface area contributed by atoms with Crippen molar-refractivity contribution in [1.29, 1.82) is 0 Å². The Bertz CT molecular complexity index is 517. The van der Waals surface area contributed by atoms with Crippen LogP contribution in [0.25, 0.3) is 0 Å². The molecular weight excluding hydrogens is 254 g/mol. The summed E-state index contributed by atoms with van der Waals surface area (Å²) >= 11 is 2.71. The van der Waals surface area contributed by atoms with E-state index < -0.39 is 0 Å². The number of hydrogen-bond acceptors (Lipinski definition) is 5. The molecule has 0 saturated heterocycles. The summed E-state index contributed by atoms with van der Waals surface area (Å²) in [5.41, 5.74) is 6.69. The van der Waals surface area contributed by atoms with E-state index in [1.54, 1.807) is 6.07 Å². The number of nitrogens with one attached hydrogen (secondary N) is 1. The highest BCUT2D eigenvalue weighted by Crippen LogP contribution is 2.30. The number of anilines is 2. The van der Waals surface area contributed by atoms with Gasteiger partial charge in [0, 0.05) is 0 Å². The second-order valence-corrected chi connectivity index (χ2v) is 5.83. The van der Waals surface area contributed by atoms with E-state index in [1.165, 1.54) is 22.7 Å². The van der Waals surface area contributed by atoms with E-state index in [4.69, 9.17) is 5.73 Å². The van der Waals surface area contributed by atoms with Crippen molar-refractivity contribution in [2.75, 3.05) is 11.1 Å². The number of nitrogens with two attached hydrogens (primary N) is 1. The summed E-state index contributed by atoms with van der Waals surface area (Å²) in [5.74, 6) is 0.127. The molecule has 0 aromatic carbocycles. The number of carbonyl (C=O) groups is 1. The molecule has 1 amide bonds. The molecule has 3 N–H and O–H groups in total. The van der Waals surface area contributed by atoms with Crippen molar-refractivity contribution in [3.63, 3.8) is 0 Å². The number of thiazole rings is 1. The highest BCUT2D eigenvalue weighted by molar-refractivity contribution is 7.19. The number of nitrogens with zero attached hydrogens (tertiary/aromatic N) is 1. The minimum Gasteiger partial charge on any atom is -0.389 e. The third-order valence-electron chi connectivity index (χ3n) is 2.19. The number of nitrogen functional groups attached to an aromatic ring is 1. The first-order chi connectivity index (χ1) is 8.08. The maximum absolute atomic E-state index is 11.8. The van der Waals surface area contributed by atoms with E-state index in [2.05, 4.69) is 10.3 Å². The fourth-order valence-corrected chi connectivity index (χ4v) is 2.88. The van der Waals surface area contributed by atoms with Gasteiger partial charge in [0.2, 0.25) is 0 Å². The van der Waals surface area contributed by atoms with Crippen molar-refractivity contribution in [3.8, 4) is 0 Å². The zero-order chi connectivity index (χ0) is 12.4. The summed E-state index contributed by atoms with van der Waals surface area (Å²) in [5, 5.41) is 5.85. The fraction of sp³-hybridized carbons (Fsp3) is 0.273. The molecule has 6 heteroatoms. The van der Waals surface area contributed by atoms with Gasteiger partial charge in [-0.15, -0.1) is 11.3 Å². The van der Waals surface area contributed by atoms with Gasteiger partial charge in [-0.05, 0) is 17.4 Å². The van der Waals surface area contributed by atoms with Gasteiger partial charge in [-0.1, -0.05) is 31.3 Å². The minimum absolute atomic E-state index is 0.135. The second kappa shape index (κ2) is 4.85. The van der Waals surface area contributed by atoms with Crippen molar-refractivity contribution in [3.05, 3.63) is 28.1 Å². The lowest BCUT2D eigenvalue weighted by Crippen LogP contribution is -2.09. The van der Waals surface area contributed by atoms with E-state index in [-0.39, 0.29) is 11.8 Å².